The van der Waals surface area contributed by atoms with Gasteiger partial charge in [-0.05, 0) is 25.0 Å². The highest BCUT2D eigenvalue weighted by atomic mass is 19.1. The van der Waals surface area contributed by atoms with Crippen molar-refractivity contribution >= 4 is 5.69 Å². The molecule has 1 fully saturated rings. The minimum atomic E-state index is -0.190. The molecule has 2 nitrogen and oxygen atoms in total. The molecule has 2 rings (SSSR count). The Morgan fingerprint density at radius 1 is 1.38 bits per heavy atom. The molecule has 1 aromatic rings. The van der Waals surface area contributed by atoms with Gasteiger partial charge in [-0.25, -0.2) is 4.39 Å². The number of hydrogen-bond acceptors (Lipinski definition) is 2. The molecule has 0 spiro atoms. The summed E-state index contributed by atoms with van der Waals surface area (Å²) in [6.45, 7) is 0.263. The van der Waals surface area contributed by atoms with Crippen LogP contribution < -0.4 is 10.6 Å². The van der Waals surface area contributed by atoms with Crippen molar-refractivity contribution in [2.75, 3.05) is 11.9 Å². The van der Waals surface area contributed by atoms with E-state index in [1.54, 1.807) is 12.1 Å². The van der Waals surface area contributed by atoms with Crippen LogP contribution >= 0.6 is 0 Å². The summed E-state index contributed by atoms with van der Waals surface area (Å²) in [5.74, 6) is -0.190. The molecule has 0 aromatic heterocycles. The van der Waals surface area contributed by atoms with Crippen LogP contribution in [0.25, 0.3) is 0 Å². The standard InChI is InChI=1S/C13H19FN2/c1-16(11-4-2-3-5-11)12-7-6-10(9-15)13(14)8-12/h6-8,11H,2-5,9,15H2,1H3. The quantitative estimate of drug-likeness (QED) is 0.852. The molecule has 0 aliphatic heterocycles. The highest BCUT2D eigenvalue weighted by Gasteiger charge is 2.20. The second kappa shape index (κ2) is 4.83. The van der Waals surface area contributed by atoms with Crippen LogP contribution in [0.2, 0.25) is 0 Å². The molecule has 0 saturated heterocycles. The van der Waals surface area contributed by atoms with Gasteiger partial charge in [-0.1, -0.05) is 18.9 Å². The van der Waals surface area contributed by atoms with Crippen LogP contribution in [-0.2, 0) is 6.54 Å². The number of nitrogens with two attached hydrogens (primary N) is 1. The Balaban J connectivity index is 2.16. The summed E-state index contributed by atoms with van der Waals surface area (Å²) >= 11 is 0. The highest BCUT2D eigenvalue weighted by molar-refractivity contribution is 5.48. The second-order valence-electron chi connectivity index (χ2n) is 4.53. The van der Waals surface area contributed by atoms with E-state index in [-0.39, 0.29) is 12.4 Å². The molecule has 0 radical (unpaired) electrons. The first-order valence-electron chi connectivity index (χ1n) is 5.93. The summed E-state index contributed by atoms with van der Waals surface area (Å²) < 4.78 is 13.6. The molecule has 0 amide bonds. The summed E-state index contributed by atoms with van der Waals surface area (Å²) in [5, 5.41) is 0. The first-order valence-corrected chi connectivity index (χ1v) is 5.93. The SMILES string of the molecule is CN(c1ccc(CN)c(F)c1)C1CCCC1. The fraction of sp³-hybridized carbons (Fsp3) is 0.538. The summed E-state index contributed by atoms with van der Waals surface area (Å²) in [5.41, 5.74) is 6.99. The van der Waals surface area contributed by atoms with Crippen LogP contribution in [0.4, 0.5) is 10.1 Å². The fourth-order valence-electron chi connectivity index (χ4n) is 2.42. The van der Waals surface area contributed by atoms with Crippen molar-refractivity contribution in [3.8, 4) is 0 Å². The molecular weight excluding hydrogens is 203 g/mol. The smallest absolute Gasteiger partial charge is 0.129 e. The monoisotopic (exact) mass is 222 g/mol. The topological polar surface area (TPSA) is 29.3 Å². The number of anilines is 1. The summed E-state index contributed by atoms with van der Waals surface area (Å²) in [4.78, 5) is 2.19. The predicted octanol–water partition coefficient (Wildman–Crippen LogP) is 2.66. The van der Waals surface area contributed by atoms with Gasteiger partial charge < -0.3 is 10.6 Å². The van der Waals surface area contributed by atoms with E-state index in [1.807, 2.05) is 13.1 Å². The molecular formula is C13H19FN2. The zero-order chi connectivity index (χ0) is 11.5. The van der Waals surface area contributed by atoms with E-state index in [1.165, 1.54) is 25.7 Å². The minimum Gasteiger partial charge on any atom is -0.372 e. The third kappa shape index (κ3) is 2.19. The van der Waals surface area contributed by atoms with Crippen molar-refractivity contribution in [3.63, 3.8) is 0 Å². The summed E-state index contributed by atoms with van der Waals surface area (Å²) in [6.07, 6.45) is 5.02. The van der Waals surface area contributed by atoms with Gasteiger partial charge in [-0.2, -0.15) is 0 Å². The summed E-state index contributed by atoms with van der Waals surface area (Å²) in [7, 11) is 2.05. The number of hydrogen-bond donors (Lipinski definition) is 1. The lowest BCUT2D eigenvalue weighted by Crippen LogP contribution is -2.28. The lowest BCUT2D eigenvalue weighted by Gasteiger charge is -2.26. The Hall–Kier alpha value is -1.09. The van der Waals surface area contributed by atoms with Crippen LogP contribution in [-0.4, -0.2) is 13.1 Å². The normalized spacial score (nSPS) is 16.7. The van der Waals surface area contributed by atoms with Crippen molar-refractivity contribution in [1.82, 2.24) is 0 Å². The van der Waals surface area contributed by atoms with Crippen LogP contribution in [0.3, 0.4) is 0 Å². The third-order valence-electron chi connectivity index (χ3n) is 3.54. The second-order valence-corrected chi connectivity index (χ2v) is 4.53. The molecule has 0 bridgehead atoms. The number of rotatable bonds is 3. The average Bonchev–Trinajstić information content (AvgIpc) is 2.81. The van der Waals surface area contributed by atoms with E-state index >= 15 is 0 Å². The zero-order valence-corrected chi connectivity index (χ0v) is 9.75. The van der Waals surface area contributed by atoms with E-state index in [2.05, 4.69) is 4.90 Å². The number of halogens is 1. The van der Waals surface area contributed by atoms with Crippen LogP contribution in [0.15, 0.2) is 18.2 Å². The number of nitrogens with zero attached hydrogens (tertiary/aromatic N) is 1. The summed E-state index contributed by atoms with van der Waals surface area (Å²) in [6, 6.07) is 5.92. The predicted molar refractivity (Wildman–Crippen MR) is 65.0 cm³/mol. The van der Waals surface area contributed by atoms with Crippen molar-refractivity contribution in [2.45, 2.75) is 38.3 Å². The van der Waals surface area contributed by atoms with Gasteiger partial charge in [0.25, 0.3) is 0 Å². The molecule has 1 aliphatic carbocycles. The maximum absolute atomic E-state index is 13.6. The Bertz CT molecular complexity index is 359. The first kappa shape index (κ1) is 11.4. The van der Waals surface area contributed by atoms with Gasteiger partial charge in [0, 0.05) is 30.9 Å². The van der Waals surface area contributed by atoms with E-state index in [0.29, 0.717) is 11.6 Å². The van der Waals surface area contributed by atoms with E-state index in [9.17, 15) is 4.39 Å². The Labute approximate surface area is 96.2 Å². The maximum atomic E-state index is 13.6. The number of benzene rings is 1. The van der Waals surface area contributed by atoms with E-state index in [4.69, 9.17) is 5.73 Å². The molecule has 88 valence electrons. The van der Waals surface area contributed by atoms with Crippen molar-refractivity contribution < 1.29 is 4.39 Å². The molecule has 0 heterocycles. The molecule has 1 saturated carbocycles. The Morgan fingerprint density at radius 3 is 2.62 bits per heavy atom. The lowest BCUT2D eigenvalue weighted by atomic mass is 10.1. The van der Waals surface area contributed by atoms with Crippen molar-refractivity contribution in [1.29, 1.82) is 0 Å². The molecule has 1 aliphatic rings. The van der Waals surface area contributed by atoms with Gasteiger partial charge in [0.2, 0.25) is 0 Å². The van der Waals surface area contributed by atoms with Crippen LogP contribution in [0, 0.1) is 5.82 Å². The highest BCUT2D eigenvalue weighted by Crippen LogP contribution is 2.27. The van der Waals surface area contributed by atoms with Gasteiger partial charge in [0.05, 0.1) is 0 Å². The van der Waals surface area contributed by atoms with Crippen LogP contribution in [0.1, 0.15) is 31.2 Å². The van der Waals surface area contributed by atoms with E-state index in [0.717, 1.165) is 5.69 Å². The van der Waals surface area contributed by atoms with Crippen molar-refractivity contribution in [2.24, 2.45) is 5.73 Å². The van der Waals surface area contributed by atoms with Gasteiger partial charge in [0.15, 0.2) is 0 Å². The van der Waals surface area contributed by atoms with Gasteiger partial charge in [0.1, 0.15) is 5.82 Å². The Kier molecular flexibility index (Phi) is 3.44. The van der Waals surface area contributed by atoms with Crippen LogP contribution in [0.5, 0.6) is 0 Å². The molecule has 0 unspecified atom stereocenters. The maximum Gasteiger partial charge on any atom is 0.129 e. The van der Waals surface area contributed by atoms with E-state index < -0.39 is 0 Å². The molecule has 3 heteroatoms. The van der Waals surface area contributed by atoms with Gasteiger partial charge in [-0.3, -0.25) is 0 Å². The molecule has 16 heavy (non-hydrogen) atoms. The largest absolute Gasteiger partial charge is 0.372 e. The molecule has 0 atom stereocenters. The van der Waals surface area contributed by atoms with Gasteiger partial charge >= 0.3 is 0 Å². The molecule has 2 N–H and O–H groups in total. The minimum absolute atomic E-state index is 0.190. The van der Waals surface area contributed by atoms with Gasteiger partial charge in [-0.15, -0.1) is 0 Å². The average molecular weight is 222 g/mol. The van der Waals surface area contributed by atoms with Crippen molar-refractivity contribution in [3.05, 3.63) is 29.6 Å². The first-order chi connectivity index (χ1) is 7.72. The lowest BCUT2D eigenvalue weighted by molar-refractivity contribution is 0.605. The Morgan fingerprint density at radius 2 is 2.06 bits per heavy atom. The zero-order valence-electron chi connectivity index (χ0n) is 9.75. The fourth-order valence-corrected chi connectivity index (χ4v) is 2.42. The third-order valence-corrected chi connectivity index (χ3v) is 3.54. The molecule has 1 aromatic carbocycles.